The standard InChI is InChI=1S/C24H24N4O8S/c1-34-18-10-8-17(9-11-18)15-25-26-24(29)16-27(20-13-12-19(35-2)14-22(20)36-3)37(32,33)23-7-5-4-6-21(23)28(30)31/h4-15H,16H2,1-3H3,(H,26,29)/b25-15+. The fraction of sp³-hybridized carbons (Fsp3) is 0.167. The van der Waals surface area contributed by atoms with Gasteiger partial charge in [0.1, 0.15) is 23.8 Å². The van der Waals surface area contributed by atoms with Gasteiger partial charge in [0, 0.05) is 12.1 Å². The minimum Gasteiger partial charge on any atom is -0.497 e. The van der Waals surface area contributed by atoms with E-state index in [2.05, 4.69) is 10.5 Å². The molecule has 0 aliphatic carbocycles. The number of ether oxygens (including phenoxy) is 3. The number of hydrazone groups is 1. The molecule has 194 valence electrons. The average Bonchev–Trinajstić information content (AvgIpc) is 2.91. The van der Waals surface area contributed by atoms with Crippen molar-refractivity contribution in [2.24, 2.45) is 5.10 Å². The fourth-order valence-corrected chi connectivity index (χ4v) is 4.86. The van der Waals surface area contributed by atoms with Crippen LogP contribution in [0.5, 0.6) is 17.2 Å². The number of para-hydroxylation sites is 1. The van der Waals surface area contributed by atoms with E-state index in [0.717, 1.165) is 12.1 Å². The molecular weight excluding hydrogens is 504 g/mol. The Morgan fingerprint density at radius 1 is 1.00 bits per heavy atom. The highest BCUT2D eigenvalue weighted by Gasteiger charge is 2.34. The molecule has 3 rings (SSSR count). The smallest absolute Gasteiger partial charge is 0.289 e. The minimum atomic E-state index is -4.62. The molecule has 0 heterocycles. The van der Waals surface area contributed by atoms with E-state index in [-0.39, 0.29) is 11.4 Å². The Hall–Kier alpha value is -4.65. The predicted octanol–water partition coefficient (Wildman–Crippen LogP) is 2.97. The van der Waals surface area contributed by atoms with Crippen LogP contribution in [-0.4, -0.2) is 53.3 Å². The molecule has 0 bridgehead atoms. The Balaban J connectivity index is 1.98. The number of anilines is 1. The number of nitro benzene ring substituents is 1. The zero-order valence-electron chi connectivity index (χ0n) is 20.2. The van der Waals surface area contributed by atoms with Crippen LogP contribution >= 0.6 is 0 Å². The summed E-state index contributed by atoms with van der Waals surface area (Å²) >= 11 is 0. The Bertz CT molecular complexity index is 1410. The largest absolute Gasteiger partial charge is 0.497 e. The summed E-state index contributed by atoms with van der Waals surface area (Å²) in [6, 6.07) is 16.0. The van der Waals surface area contributed by atoms with E-state index in [4.69, 9.17) is 14.2 Å². The van der Waals surface area contributed by atoms with Crippen LogP contribution in [0.1, 0.15) is 5.56 Å². The number of rotatable bonds is 11. The minimum absolute atomic E-state index is 0.0317. The molecule has 0 atom stereocenters. The quantitative estimate of drug-likeness (QED) is 0.227. The summed E-state index contributed by atoms with van der Waals surface area (Å²) in [6.07, 6.45) is 1.37. The number of hydrogen-bond donors (Lipinski definition) is 1. The van der Waals surface area contributed by atoms with E-state index < -0.39 is 38.0 Å². The fourth-order valence-electron chi connectivity index (χ4n) is 3.27. The van der Waals surface area contributed by atoms with Gasteiger partial charge in [0.15, 0.2) is 4.90 Å². The van der Waals surface area contributed by atoms with Crippen molar-refractivity contribution in [3.63, 3.8) is 0 Å². The van der Waals surface area contributed by atoms with E-state index in [1.807, 2.05) is 0 Å². The lowest BCUT2D eigenvalue weighted by molar-refractivity contribution is -0.387. The third-order valence-electron chi connectivity index (χ3n) is 5.09. The molecule has 3 aromatic carbocycles. The van der Waals surface area contributed by atoms with Crippen LogP contribution in [0.4, 0.5) is 11.4 Å². The van der Waals surface area contributed by atoms with Crippen molar-refractivity contribution in [1.29, 1.82) is 0 Å². The van der Waals surface area contributed by atoms with Crippen LogP contribution in [0.2, 0.25) is 0 Å². The number of amides is 1. The van der Waals surface area contributed by atoms with Crippen molar-refractivity contribution in [3.8, 4) is 17.2 Å². The molecule has 37 heavy (non-hydrogen) atoms. The van der Waals surface area contributed by atoms with E-state index in [1.54, 1.807) is 24.3 Å². The van der Waals surface area contributed by atoms with Gasteiger partial charge in [-0.1, -0.05) is 12.1 Å². The van der Waals surface area contributed by atoms with Crippen molar-refractivity contribution in [3.05, 3.63) is 82.4 Å². The second kappa shape index (κ2) is 11.9. The maximum Gasteiger partial charge on any atom is 0.289 e. The monoisotopic (exact) mass is 528 g/mol. The summed E-state index contributed by atoms with van der Waals surface area (Å²) < 4.78 is 43.6. The third-order valence-corrected chi connectivity index (χ3v) is 6.90. The highest BCUT2D eigenvalue weighted by Crippen LogP contribution is 2.37. The predicted molar refractivity (Wildman–Crippen MR) is 136 cm³/mol. The summed E-state index contributed by atoms with van der Waals surface area (Å²) in [4.78, 5) is 22.9. The molecule has 3 aromatic rings. The molecule has 1 N–H and O–H groups in total. The van der Waals surface area contributed by atoms with Gasteiger partial charge in [0.25, 0.3) is 21.6 Å². The SMILES string of the molecule is COc1ccc(/C=N/NC(=O)CN(c2ccc(OC)cc2OC)S(=O)(=O)c2ccccc2[N+](=O)[O-])cc1. The maximum atomic E-state index is 13.7. The molecule has 0 saturated carbocycles. The molecular formula is C24H24N4O8S. The summed E-state index contributed by atoms with van der Waals surface area (Å²) in [5.41, 5.74) is 2.26. The molecule has 0 aliphatic rings. The molecule has 13 heteroatoms. The number of nitrogens with one attached hydrogen (secondary N) is 1. The van der Waals surface area contributed by atoms with Gasteiger partial charge in [-0.15, -0.1) is 0 Å². The Morgan fingerprint density at radius 2 is 1.65 bits per heavy atom. The zero-order chi connectivity index (χ0) is 27.0. The van der Waals surface area contributed by atoms with Gasteiger partial charge in [-0.25, -0.2) is 13.8 Å². The Morgan fingerprint density at radius 3 is 2.27 bits per heavy atom. The Kier molecular flexibility index (Phi) is 8.64. The normalized spacial score (nSPS) is 11.1. The van der Waals surface area contributed by atoms with Gasteiger partial charge < -0.3 is 14.2 Å². The number of carbonyl (C=O) groups is 1. The first kappa shape index (κ1) is 26.9. The van der Waals surface area contributed by atoms with Gasteiger partial charge in [-0.05, 0) is 48.0 Å². The molecule has 12 nitrogen and oxygen atoms in total. The Labute approximate surface area is 213 Å². The lowest BCUT2D eigenvalue weighted by atomic mass is 10.2. The molecule has 0 aromatic heterocycles. The molecule has 0 saturated heterocycles. The van der Waals surface area contributed by atoms with Crippen molar-refractivity contribution in [2.45, 2.75) is 4.90 Å². The van der Waals surface area contributed by atoms with Crippen molar-refractivity contribution in [2.75, 3.05) is 32.2 Å². The molecule has 1 amide bonds. The third kappa shape index (κ3) is 6.32. The first-order valence-electron chi connectivity index (χ1n) is 10.7. The maximum absolute atomic E-state index is 13.7. The van der Waals surface area contributed by atoms with E-state index in [1.165, 1.54) is 57.9 Å². The van der Waals surface area contributed by atoms with Gasteiger partial charge in [0.2, 0.25) is 0 Å². The number of nitro groups is 1. The van der Waals surface area contributed by atoms with Crippen molar-refractivity contribution < 1.29 is 32.3 Å². The van der Waals surface area contributed by atoms with Crippen LogP contribution in [-0.2, 0) is 14.8 Å². The van der Waals surface area contributed by atoms with Crippen molar-refractivity contribution >= 4 is 33.5 Å². The number of methoxy groups -OCH3 is 3. The molecule has 0 fully saturated rings. The number of hydrogen-bond acceptors (Lipinski definition) is 9. The average molecular weight is 529 g/mol. The molecule has 0 radical (unpaired) electrons. The number of benzene rings is 3. The summed E-state index contributed by atoms with van der Waals surface area (Å²) in [5, 5.41) is 15.4. The topological polar surface area (TPSA) is 150 Å². The number of carbonyl (C=O) groups excluding carboxylic acids is 1. The lowest BCUT2D eigenvalue weighted by Crippen LogP contribution is -2.40. The van der Waals surface area contributed by atoms with Gasteiger partial charge in [-0.2, -0.15) is 5.10 Å². The van der Waals surface area contributed by atoms with Crippen LogP contribution in [0.25, 0.3) is 0 Å². The summed E-state index contributed by atoms with van der Waals surface area (Å²) in [5.74, 6) is 0.281. The lowest BCUT2D eigenvalue weighted by Gasteiger charge is -2.25. The highest BCUT2D eigenvalue weighted by atomic mass is 32.2. The molecule has 0 spiro atoms. The van der Waals surface area contributed by atoms with E-state index >= 15 is 0 Å². The van der Waals surface area contributed by atoms with E-state index in [9.17, 15) is 23.3 Å². The second-order valence-corrected chi connectivity index (χ2v) is 9.17. The van der Waals surface area contributed by atoms with Crippen molar-refractivity contribution in [1.82, 2.24) is 5.43 Å². The van der Waals surface area contributed by atoms with Crippen LogP contribution in [0, 0.1) is 10.1 Å². The second-order valence-electron chi connectivity index (χ2n) is 7.34. The van der Waals surface area contributed by atoms with Crippen LogP contribution in [0.15, 0.2) is 76.7 Å². The van der Waals surface area contributed by atoms with Gasteiger partial charge in [-0.3, -0.25) is 19.2 Å². The zero-order valence-corrected chi connectivity index (χ0v) is 21.0. The number of nitrogens with zero attached hydrogens (tertiary/aromatic N) is 3. The van der Waals surface area contributed by atoms with E-state index in [0.29, 0.717) is 21.4 Å². The first-order chi connectivity index (χ1) is 17.7. The summed E-state index contributed by atoms with van der Waals surface area (Å²) in [6.45, 7) is -0.753. The first-order valence-corrected chi connectivity index (χ1v) is 12.1. The highest BCUT2D eigenvalue weighted by molar-refractivity contribution is 7.93. The summed E-state index contributed by atoms with van der Waals surface area (Å²) in [7, 11) is -0.351. The molecule has 0 unspecified atom stereocenters. The van der Waals surface area contributed by atoms with Crippen LogP contribution < -0.4 is 23.9 Å². The van der Waals surface area contributed by atoms with Gasteiger partial charge in [0.05, 0.1) is 38.2 Å². The van der Waals surface area contributed by atoms with Gasteiger partial charge >= 0.3 is 0 Å². The van der Waals surface area contributed by atoms with Crippen LogP contribution in [0.3, 0.4) is 0 Å². The number of sulfonamides is 1. The molecule has 0 aliphatic heterocycles.